The van der Waals surface area contributed by atoms with E-state index < -0.39 is 5.97 Å². The number of carbonyl (C=O) groups is 1. The van der Waals surface area contributed by atoms with Gasteiger partial charge < -0.3 is 14.5 Å². The summed E-state index contributed by atoms with van der Waals surface area (Å²) in [5.41, 5.74) is 1.41. The molecule has 2 heterocycles. The molecule has 0 bridgehead atoms. The summed E-state index contributed by atoms with van der Waals surface area (Å²) in [6.45, 7) is -0.0708. The number of esters is 1. The normalized spacial score (nSPS) is 13.4. The molecule has 0 radical (unpaired) electrons. The number of benzene rings is 1. The Bertz CT molecular complexity index is 1020. The molecule has 0 fully saturated rings. The van der Waals surface area contributed by atoms with Crippen LogP contribution in [0.1, 0.15) is 39.5 Å². The highest BCUT2D eigenvalue weighted by Gasteiger charge is 2.20. The molecule has 0 unspecified atom stereocenters. The van der Waals surface area contributed by atoms with Crippen molar-refractivity contribution in [3.63, 3.8) is 0 Å². The lowest BCUT2D eigenvalue weighted by Gasteiger charge is -2.09. The fourth-order valence-electron chi connectivity index (χ4n) is 3.22. The molecule has 2 aromatic heterocycles. The van der Waals surface area contributed by atoms with Crippen molar-refractivity contribution in [3.8, 4) is 5.75 Å². The Balaban J connectivity index is 1.53. The maximum Gasteiger partial charge on any atom is 0.338 e. The fraction of sp³-hybridized carbons (Fsp3) is 0.316. The molecule has 26 heavy (non-hydrogen) atoms. The minimum absolute atomic E-state index is 0.0708. The first kappa shape index (κ1) is 16.8. The summed E-state index contributed by atoms with van der Waals surface area (Å²) >= 11 is 1.58. The molecule has 3 aromatic rings. The highest BCUT2D eigenvalue weighted by atomic mass is 32.1. The molecule has 0 spiro atoms. The Hall–Kier alpha value is -2.67. The number of nitrogens with one attached hydrogen (secondary N) is 1. The van der Waals surface area contributed by atoms with Gasteiger partial charge in [0, 0.05) is 4.88 Å². The molecule has 7 heteroatoms. The zero-order valence-corrected chi connectivity index (χ0v) is 15.1. The van der Waals surface area contributed by atoms with E-state index >= 15 is 0 Å². The highest BCUT2D eigenvalue weighted by Crippen LogP contribution is 2.33. The van der Waals surface area contributed by atoms with Gasteiger partial charge in [-0.2, -0.15) is 0 Å². The van der Waals surface area contributed by atoms with Crippen molar-refractivity contribution in [2.45, 2.75) is 32.3 Å². The molecule has 0 aliphatic heterocycles. The van der Waals surface area contributed by atoms with Crippen LogP contribution >= 0.6 is 11.3 Å². The Morgan fingerprint density at radius 3 is 2.77 bits per heavy atom. The number of rotatable bonds is 4. The minimum atomic E-state index is -0.471. The smallest absolute Gasteiger partial charge is 0.338 e. The predicted octanol–water partition coefficient (Wildman–Crippen LogP) is 3.23. The van der Waals surface area contributed by atoms with E-state index in [0.717, 1.165) is 36.1 Å². The number of aryl methyl sites for hydroxylation is 2. The predicted molar refractivity (Wildman–Crippen MR) is 99.0 cm³/mol. The van der Waals surface area contributed by atoms with Gasteiger partial charge in [-0.15, -0.1) is 11.3 Å². The molecule has 1 aromatic carbocycles. The third kappa shape index (κ3) is 3.10. The quantitative estimate of drug-likeness (QED) is 0.713. The molecule has 1 aliphatic carbocycles. The number of carbonyl (C=O) groups excluding carboxylic acids is 1. The summed E-state index contributed by atoms with van der Waals surface area (Å²) < 4.78 is 10.4. The summed E-state index contributed by atoms with van der Waals surface area (Å²) in [7, 11) is 1.56. The second kappa shape index (κ2) is 6.92. The zero-order valence-electron chi connectivity index (χ0n) is 14.3. The van der Waals surface area contributed by atoms with Crippen molar-refractivity contribution in [1.82, 2.24) is 9.97 Å². The Morgan fingerprint density at radius 1 is 1.23 bits per heavy atom. The number of thiophene rings is 1. The Labute approximate surface area is 153 Å². The standard InChI is InChI=1S/C19H18N2O4S/c1-24-12-8-6-11(7-9-12)19(23)25-10-15-20-17(22)16-13-4-2-3-5-14(13)26-18(16)21-15/h6-9H,2-5,10H2,1H3,(H,20,21,22). The number of aromatic nitrogens is 2. The third-order valence-corrected chi connectivity index (χ3v) is 5.73. The van der Waals surface area contributed by atoms with E-state index in [1.807, 2.05) is 0 Å². The maximum atomic E-state index is 12.5. The molecule has 1 N–H and O–H groups in total. The summed E-state index contributed by atoms with van der Waals surface area (Å²) in [6.07, 6.45) is 4.22. The van der Waals surface area contributed by atoms with Gasteiger partial charge in [0.25, 0.3) is 5.56 Å². The van der Waals surface area contributed by atoms with E-state index in [-0.39, 0.29) is 12.2 Å². The molecule has 1 aliphatic rings. The van der Waals surface area contributed by atoms with Crippen LogP contribution in [-0.4, -0.2) is 23.0 Å². The number of fused-ring (bicyclic) bond motifs is 3. The molecule has 0 amide bonds. The second-order valence-corrected chi connectivity index (χ2v) is 7.29. The third-order valence-electron chi connectivity index (χ3n) is 4.54. The number of methoxy groups -OCH3 is 1. The molecule has 0 atom stereocenters. The minimum Gasteiger partial charge on any atom is -0.497 e. The van der Waals surface area contributed by atoms with E-state index in [0.29, 0.717) is 22.5 Å². The zero-order chi connectivity index (χ0) is 18.1. The number of nitrogens with zero attached hydrogens (tertiary/aromatic N) is 1. The van der Waals surface area contributed by atoms with E-state index in [4.69, 9.17) is 9.47 Å². The lowest BCUT2D eigenvalue weighted by atomic mass is 9.97. The van der Waals surface area contributed by atoms with Crippen LogP contribution in [0.2, 0.25) is 0 Å². The van der Waals surface area contributed by atoms with Crippen LogP contribution < -0.4 is 10.3 Å². The van der Waals surface area contributed by atoms with Crippen molar-refractivity contribution >= 4 is 27.5 Å². The topological polar surface area (TPSA) is 81.3 Å². The van der Waals surface area contributed by atoms with Gasteiger partial charge in [-0.3, -0.25) is 4.79 Å². The SMILES string of the molecule is COc1ccc(C(=O)OCc2nc3sc4c(c3c(=O)[nH]2)CCCC4)cc1. The first-order valence-corrected chi connectivity index (χ1v) is 9.32. The summed E-state index contributed by atoms with van der Waals surface area (Å²) in [6, 6.07) is 6.65. The Kier molecular flexibility index (Phi) is 4.46. The van der Waals surface area contributed by atoms with Gasteiger partial charge in [-0.1, -0.05) is 0 Å². The van der Waals surface area contributed by atoms with Gasteiger partial charge in [0.15, 0.2) is 0 Å². The van der Waals surface area contributed by atoms with Crippen molar-refractivity contribution < 1.29 is 14.3 Å². The van der Waals surface area contributed by atoms with Gasteiger partial charge in [0.2, 0.25) is 0 Å². The van der Waals surface area contributed by atoms with Crippen molar-refractivity contribution in [2.75, 3.05) is 7.11 Å². The van der Waals surface area contributed by atoms with Gasteiger partial charge >= 0.3 is 5.97 Å². The van der Waals surface area contributed by atoms with Crippen LogP contribution in [0, 0.1) is 0 Å². The lowest BCUT2D eigenvalue weighted by Crippen LogP contribution is -2.15. The van der Waals surface area contributed by atoms with Gasteiger partial charge in [-0.25, -0.2) is 9.78 Å². The van der Waals surface area contributed by atoms with Crippen LogP contribution in [0.3, 0.4) is 0 Å². The van der Waals surface area contributed by atoms with Crippen LogP contribution in [-0.2, 0) is 24.2 Å². The van der Waals surface area contributed by atoms with Crippen molar-refractivity contribution in [3.05, 3.63) is 56.4 Å². The van der Waals surface area contributed by atoms with Gasteiger partial charge in [-0.05, 0) is 55.5 Å². The molecule has 0 saturated heterocycles. The molecule has 134 valence electrons. The number of aromatic amines is 1. The van der Waals surface area contributed by atoms with Crippen LogP contribution in [0.4, 0.5) is 0 Å². The number of hydrogen-bond donors (Lipinski definition) is 1. The van der Waals surface area contributed by atoms with Crippen LogP contribution in [0.15, 0.2) is 29.1 Å². The first-order chi connectivity index (χ1) is 12.7. The van der Waals surface area contributed by atoms with Gasteiger partial charge in [0.1, 0.15) is 23.0 Å². The molecule has 0 saturated carbocycles. The second-order valence-electron chi connectivity index (χ2n) is 6.21. The monoisotopic (exact) mass is 370 g/mol. The molecule has 4 rings (SSSR count). The van der Waals surface area contributed by atoms with Gasteiger partial charge in [0.05, 0.1) is 18.1 Å². The average Bonchev–Trinajstić information content (AvgIpc) is 3.05. The van der Waals surface area contributed by atoms with E-state index in [1.54, 1.807) is 42.7 Å². The molecular weight excluding hydrogens is 352 g/mol. The van der Waals surface area contributed by atoms with E-state index in [9.17, 15) is 9.59 Å². The highest BCUT2D eigenvalue weighted by molar-refractivity contribution is 7.18. The van der Waals surface area contributed by atoms with Crippen molar-refractivity contribution in [2.24, 2.45) is 0 Å². The van der Waals surface area contributed by atoms with Crippen molar-refractivity contribution in [1.29, 1.82) is 0 Å². The summed E-state index contributed by atoms with van der Waals surface area (Å²) in [5.74, 6) is 0.559. The van der Waals surface area contributed by atoms with E-state index in [2.05, 4.69) is 9.97 Å². The average molecular weight is 370 g/mol. The van der Waals surface area contributed by atoms with Crippen LogP contribution in [0.5, 0.6) is 5.75 Å². The fourth-order valence-corrected chi connectivity index (χ4v) is 4.50. The summed E-state index contributed by atoms with van der Waals surface area (Å²) in [4.78, 5) is 33.9. The van der Waals surface area contributed by atoms with Crippen LogP contribution in [0.25, 0.3) is 10.2 Å². The lowest BCUT2D eigenvalue weighted by molar-refractivity contribution is 0.0462. The Morgan fingerprint density at radius 2 is 2.00 bits per heavy atom. The number of H-pyrrole nitrogens is 1. The summed E-state index contributed by atoms with van der Waals surface area (Å²) in [5, 5.41) is 0.704. The number of ether oxygens (including phenoxy) is 2. The number of hydrogen-bond acceptors (Lipinski definition) is 6. The molecule has 6 nitrogen and oxygen atoms in total. The first-order valence-electron chi connectivity index (χ1n) is 8.50. The maximum absolute atomic E-state index is 12.5. The largest absolute Gasteiger partial charge is 0.497 e. The molecular formula is C19H18N2O4S. The van der Waals surface area contributed by atoms with E-state index in [1.165, 1.54) is 4.88 Å².